The fourth-order valence-corrected chi connectivity index (χ4v) is 1.29. The van der Waals surface area contributed by atoms with Gasteiger partial charge in [0.05, 0.1) is 6.33 Å². The highest BCUT2D eigenvalue weighted by Crippen LogP contribution is 2.58. The third-order valence-corrected chi connectivity index (χ3v) is 2.51. The second kappa shape index (κ2) is 6.00. The number of hydrogen-bond acceptors (Lipinski definition) is 0. The Kier molecular flexibility index (Phi) is 5.68. The van der Waals surface area contributed by atoms with Gasteiger partial charge in [0.1, 0.15) is 0 Å². The van der Waals surface area contributed by atoms with Crippen LogP contribution < -0.4 is 0 Å². The molecule has 0 heterocycles. The van der Waals surface area contributed by atoms with E-state index in [0.29, 0.717) is 0 Å². The largest absolute Gasteiger partial charge is 0.437 e. The van der Waals surface area contributed by atoms with E-state index < -0.39 is 54.6 Å². The van der Waals surface area contributed by atoms with Gasteiger partial charge in [-0.05, 0) is 6.08 Å². The van der Waals surface area contributed by atoms with Gasteiger partial charge in [-0.3, -0.25) is 0 Å². The summed E-state index contributed by atoms with van der Waals surface area (Å²) in [6.45, 7) is 0. The molecule has 0 aliphatic heterocycles. The summed E-state index contributed by atoms with van der Waals surface area (Å²) in [7, 11) is 0. The summed E-state index contributed by atoms with van der Waals surface area (Å²) >= 11 is 0. The van der Waals surface area contributed by atoms with Crippen LogP contribution in [0, 0.1) is 0 Å². The van der Waals surface area contributed by atoms with Gasteiger partial charge in [0, 0.05) is 0 Å². The number of allylic oxidation sites excluding steroid dienone is 1. The highest BCUT2D eigenvalue weighted by Gasteiger charge is 2.88. The molecule has 23 heavy (non-hydrogen) atoms. The maximum Gasteiger partial charge on any atom is 0.437 e. The van der Waals surface area contributed by atoms with Crippen molar-refractivity contribution in [3.05, 3.63) is 12.4 Å². The first-order chi connectivity index (χ1) is 9.89. The topological polar surface area (TPSA) is 0 Å². The Balaban J connectivity index is 6.21. The molecule has 138 valence electrons. The number of halogens is 14. The quantitative estimate of drug-likeness (QED) is 0.574. The van der Waals surface area contributed by atoms with Gasteiger partial charge in [-0.1, -0.05) is 0 Å². The zero-order valence-electron chi connectivity index (χ0n) is 10.1. The van der Waals surface area contributed by atoms with Gasteiger partial charge in [0.25, 0.3) is 0 Å². The van der Waals surface area contributed by atoms with Crippen molar-refractivity contribution in [1.82, 2.24) is 0 Å². The van der Waals surface area contributed by atoms with Crippen molar-refractivity contribution in [2.75, 3.05) is 0 Å². The van der Waals surface area contributed by atoms with E-state index in [1.54, 1.807) is 0 Å². The lowest BCUT2D eigenvalue weighted by atomic mass is 9.88. The zero-order valence-corrected chi connectivity index (χ0v) is 10.1. The van der Waals surface area contributed by atoms with Gasteiger partial charge in [-0.15, -0.1) is 0 Å². The van der Waals surface area contributed by atoms with Crippen LogP contribution in [0.1, 0.15) is 0 Å². The van der Waals surface area contributed by atoms with Crippen molar-refractivity contribution in [2.45, 2.75) is 42.2 Å². The van der Waals surface area contributed by atoms with E-state index in [9.17, 15) is 61.5 Å². The van der Waals surface area contributed by atoms with Gasteiger partial charge in [0.15, 0.2) is 6.17 Å². The minimum atomic E-state index is -7.74. The first-order valence-corrected chi connectivity index (χ1v) is 5.02. The van der Waals surface area contributed by atoms with Crippen LogP contribution in [-0.4, -0.2) is 42.2 Å². The summed E-state index contributed by atoms with van der Waals surface area (Å²) in [5, 5.41) is 0. The fraction of sp³-hybridized carbons (Fsp3) is 0.778. The lowest BCUT2D eigenvalue weighted by molar-refractivity contribution is -0.413. The standard InChI is InChI=1S/C9H4F14/c10-2-1-3(11)5(13,14)4(12)6(15,16)7(17,8(18,19)20)9(21,22)23/h1-4H. The van der Waals surface area contributed by atoms with Crippen LogP contribution in [0.4, 0.5) is 61.5 Å². The molecule has 14 heteroatoms. The molecule has 0 saturated carbocycles. The van der Waals surface area contributed by atoms with Gasteiger partial charge in [-0.25, -0.2) is 17.6 Å². The van der Waals surface area contributed by atoms with Crippen LogP contribution in [0.15, 0.2) is 12.4 Å². The molecule has 2 unspecified atom stereocenters. The zero-order chi connectivity index (χ0) is 19.1. The van der Waals surface area contributed by atoms with Gasteiger partial charge in [0.2, 0.25) is 6.17 Å². The number of alkyl halides is 13. The summed E-state index contributed by atoms with van der Waals surface area (Å²) in [5.74, 6) is -13.8. The first kappa shape index (κ1) is 21.8. The van der Waals surface area contributed by atoms with Crippen molar-refractivity contribution >= 4 is 0 Å². The smallest absolute Gasteiger partial charge is 0.236 e. The molecule has 2 atom stereocenters. The first-order valence-electron chi connectivity index (χ1n) is 5.02. The van der Waals surface area contributed by atoms with E-state index >= 15 is 0 Å². The average Bonchev–Trinajstić information content (AvgIpc) is 2.33. The van der Waals surface area contributed by atoms with E-state index in [1.807, 2.05) is 0 Å². The van der Waals surface area contributed by atoms with Crippen molar-refractivity contribution in [3.63, 3.8) is 0 Å². The summed E-state index contributed by atoms with van der Waals surface area (Å²) in [6.07, 6.45) is -27.5. The van der Waals surface area contributed by atoms with Crippen LogP contribution in [0.25, 0.3) is 0 Å². The lowest BCUT2D eigenvalue weighted by Crippen LogP contribution is -2.70. The predicted octanol–water partition coefficient (Wildman–Crippen LogP) is 5.25. The molecule has 0 aromatic carbocycles. The molecule has 0 aliphatic carbocycles. The molecule has 0 radical (unpaired) electrons. The molecule has 0 fully saturated rings. The monoisotopic (exact) mass is 378 g/mol. The predicted molar refractivity (Wildman–Crippen MR) is 45.9 cm³/mol. The molecular weight excluding hydrogens is 374 g/mol. The van der Waals surface area contributed by atoms with Crippen molar-refractivity contribution < 1.29 is 61.5 Å². The van der Waals surface area contributed by atoms with Crippen LogP contribution in [-0.2, 0) is 0 Å². The molecule has 0 aromatic rings. The van der Waals surface area contributed by atoms with Crippen molar-refractivity contribution in [3.8, 4) is 0 Å². The van der Waals surface area contributed by atoms with Crippen LogP contribution >= 0.6 is 0 Å². The van der Waals surface area contributed by atoms with E-state index in [0.717, 1.165) is 0 Å². The van der Waals surface area contributed by atoms with E-state index in [1.165, 1.54) is 0 Å². The minimum Gasteiger partial charge on any atom is -0.236 e. The second-order valence-electron chi connectivity index (χ2n) is 4.03. The van der Waals surface area contributed by atoms with Gasteiger partial charge >= 0.3 is 29.9 Å². The van der Waals surface area contributed by atoms with Gasteiger partial charge in [-0.2, -0.15) is 43.9 Å². The Morgan fingerprint density at radius 2 is 1.00 bits per heavy atom. The maximum atomic E-state index is 13.0. The molecule has 0 spiro atoms. The molecule has 0 nitrogen and oxygen atoms in total. The Hall–Kier alpha value is -1.24. The maximum absolute atomic E-state index is 13.0. The van der Waals surface area contributed by atoms with Gasteiger partial charge < -0.3 is 0 Å². The molecule has 0 N–H and O–H groups in total. The van der Waals surface area contributed by atoms with E-state index in [-0.39, 0.29) is 0 Å². The Labute approximate surface area is 117 Å². The Morgan fingerprint density at radius 3 is 1.26 bits per heavy atom. The Bertz CT molecular complexity index is 415. The van der Waals surface area contributed by atoms with Crippen molar-refractivity contribution in [2.24, 2.45) is 0 Å². The number of rotatable bonds is 5. The fourth-order valence-electron chi connectivity index (χ4n) is 1.29. The molecule has 0 bridgehead atoms. The van der Waals surface area contributed by atoms with Crippen molar-refractivity contribution in [1.29, 1.82) is 0 Å². The lowest BCUT2D eigenvalue weighted by Gasteiger charge is -2.39. The molecule has 0 aromatic heterocycles. The van der Waals surface area contributed by atoms with Crippen LogP contribution in [0.2, 0.25) is 0 Å². The third kappa shape index (κ3) is 3.34. The summed E-state index contributed by atoms with van der Waals surface area (Å²) in [5.41, 5.74) is -7.74. The molecule has 0 saturated heterocycles. The second-order valence-corrected chi connectivity index (χ2v) is 4.03. The normalized spacial score (nSPS) is 18.3. The summed E-state index contributed by atoms with van der Waals surface area (Å²) in [4.78, 5) is 0. The SMILES string of the molecule is FC=CC(F)C(F)(F)C(F)C(F)(F)C(F)(C(F)(F)F)C(F)(F)F. The van der Waals surface area contributed by atoms with Crippen LogP contribution in [0.3, 0.4) is 0 Å². The average molecular weight is 378 g/mol. The summed E-state index contributed by atoms with van der Waals surface area (Å²) < 4.78 is 174. The highest BCUT2D eigenvalue weighted by atomic mass is 19.4. The van der Waals surface area contributed by atoms with Crippen LogP contribution in [0.5, 0.6) is 0 Å². The molecule has 0 rings (SSSR count). The molecular formula is C9H4F14. The van der Waals surface area contributed by atoms with E-state index in [2.05, 4.69) is 0 Å². The highest BCUT2D eigenvalue weighted by molar-refractivity contribution is 5.13. The molecule has 0 amide bonds. The summed E-state index contributed by atoms with van der Waals surface area (Å²) in [6, 6.07) is 0. The molecule has 0 aliphatic rings. The van der Waals surface area contributed by atoms with E-state index in [4.69, 9.17) is 0 Å². The number of hydrogen-bond donors (Lipinski definition) is 0. The Morgan fingerprint density at radius 1 is 0.652 bits per heavy atom. The third-order valence-electron chi connectivity index (χ3n) is 2.51. The minimum absolute atomic E-state index is 0.969.